The Morgan fingerprint density at radius 1 is 0.742 bits per heavy atom. The van der Waals surface area contributed by atoms with Gasteiger partial charge in [0.05, 0.1) is 5.56 Å². The summed E-state index contributed by atoms with van der Waals surface area (Å²) in [6.45, 7) is 0. The minimum Gasteiger partial charge on any atom is -0.458 e. The van der Waals surface area contributed by atoms with Crippen LogP contribution in [0.5, 0.6) is 0 Å². The third-order valence-electron chi connectivity index (χ3n) is 6.20. The highest BCUT2D eigenvalue weighted by atomic mass is 31.2. The zero-order chi connectivity index (χ0) is 21.5. The van der Waals surface area contributed by atoms with Gasteiger partial charge in [-0.25, -0.2) is 4.79 Å². The van der Waals surface area contributed by atoms with Gasteiger partial charge in [0, 0.05) is 22.7 Å². The second-order valence-electron chi connectivity index (χ2n) is 8.30. The lowest BCUT2D eigenvalue weighted by molar-refractivity contribution is 0.0147. The Bertz CT molecular complexity index is 975. The van der Waals surface area contributed by atoms with Crippen LogP contribution in [0.15, 0.2) is 91.0 Å². The Morgan fingerprint density at radius 3 is 1.84 bits per heavy atom. The second-order valence-corrected chi connectivity index (χ2v) is 11.2. The van der Waals surface area contributed by atoms with Crippen LogP contribution < -0.4 is 10.6 Å². The Balaban J connectivity index is 1.63. The molecule has 0 bridgehead atoms. The van der Waals surface area contributed by atoms with E-state index in [0.717, 1.165) is 42.7 Å². The molecular formula is C27H29O3P. The summed E-state index contributed by atoms with van der Waals surface area (Å²) < 4.78 is 20.6. The Morgan fingerprint density at radius 2 is 1.26 bits per heavy atom. The molecule has 0 N–H and O–H groups in total. The average Bonchev–Trinajstić information content (AvgIpc) is 3.05. The monoisotopic (exact) mass is 432 g/mol. The van der Waals surface area contributed by atoms with Crippen LogP contribution >= 0.6 is 7.14 Å². The molecule has 0 aromatic heterocycles. The van der Waals surface area contributed by atoms with Crippen molar-refractivity contribution in [2.75, 3.05) is 6.16 Å². The van der Waals surface area contributed by atoms with E-state index in [-0.39, 0.29) is 18.0 Å². The number of hydrogen-bond donors (Lipinski definition) is 0. The van der Waals surface area contributed by atoms with Gasteiger partial charge >= 0.3 is 5.97 Å². The molecule has 2 atom stereocenters. The first kappa shape index (κ1) is 21.6. The smallest absolute Gasteiger partial charge is 0.338 e. The zero-order valence-corrected chi connectivity index (χ0v) is 18.6. The van der Waals surface area contributed by atoms with Crippen molar-refractivity contribution in [2.45, 2.75) is 38.2 Å². The molecule has 4 heteroatoms. The highest BCUT2D eigenvalue weighted by Gasteiger charge is 2.36. The Hall–Kier alpha value is -2.64. The topological polar surface area (TPSA) is 43.4 Å². The second kappa shape index (κ2) is 10.1. The highest BCUT2D eigenvalue weighted by molar-refractivity contribution is 7.78. The molecule has 1 aliphatic rings. The SMILES string of the molecule is O=C(O[C@H]1CCCCC[C@@H]1CP(=O)(c1ccccc1)c1ccccc1)c1ccccc1. The molecule has 0 heterocycles. The maximum absolute atomic E-state index is 14.6. The van der Waals surface area contributed by atoms with Crippen molar-refractivity contribution in [1.82, 2.24) is 0 Å². The molecule has 0 spiro atoms. The van der Waals surface area contributed by atoms with Gasteiger partial charge in [-0.2, -0.15) is 0 Å². The maximum Gasteiger partial charge on any atom is 0.338 e. The van der Waals surface area contributed by atoms with E-state index in [2.05, 4.69) is 0 Å². The van der Waals surface area contributed by atoms with Crippen molar-refractivity contribution in [3.05, 3.63) is 96.6 Å². The van der Waals surface area contributed by atoms with Crippen LogP contribution in [0, 0.1) is 5.92 Å². The first-order chi connectivity index (χ1) is 15.2. The third-order valence-corrected chi connectivity index (χ3v) is 9.44. The molecule has 3 aromatic rings. The number of carbonyl (C=O) groups is 1. The van der Waals surface area contributed by atoms with Gasteiger partial charge in [0.1, 0.15) is 13.2 Å². The van der Waals surface area contributed by atoms with Crippen LogP contribution in [-0.4, -0.2) is 18.2 Å². The summed E-state index contributed by atoms with van der Waals surface area (Å²) in [5.74, 6) is -0.215. The normalized spacial score (nSPS) is 19.4. The van der Waals surface area contributed by atoms with Gasteiger partial charge in [-0.3, -0.25) is 0 Å². The Kier molecular flexibility index (Phi) is 7.04. The number of rotatable bonds is 6. The lowest BCUT2D eigenvalue weighted by atomic mass is 9.99. The van der Waals surface area contributed by atoms with Crippen molar-refractivity contribution >= 4 is 23.7 Å². The predicted molar refractivity (Wildman–Crippen MR) is 127 cm³/mol. The molecule has 4 rings (SSSR count). The minimum absolute atomic E-state index is 0.0707. The largest absolute Gasteiger partial charge is 0.458 e. The van der Waals surface area contributed by atoms with Crippen LogP contribution in [-0.2, 0) is 9.30 Å². The molecular weight excluding hydrogens is 403 g/mol. The van der Waals surface area contributed by atoms with E-state index in [0.29, 0.717) is 11.7 Å². The molecule has 0 saturated heterocycles. The van der Waals surface area contributed by atoms with E-state index in [1.54, 1.807) is 12.1 Å². The minimum atomic E-state index is -2.86. The molecule has 0 unspecified atom stereocenters. The average molecular weight is 433 g/mol. The van der Waals surface area contributed by atoms with Crippen LogP contribution in [0.25, 0.3) is 0 Å². The van der Waals surface area contributed by atoms with E-state index in [9.17, 15) is 9.36 Å². The van der Waals surface area contributed by atoms with Crippen molar-refractivity contribution in [1.29, 1.82) is 0 Å². The van der Waals surface area contributed by atoms with E-state index >= 15 is 0 Å². The highest BCUT2D eigenvalue weighted by Crippen LogP contribution is 2.47. The standard InChI is InChI=1S/C27H29O3P/c28-27(22-13-5-1-6-14-22)30-26-20-12-2-7-15-23(26)21-31(29,24-16-8-3-9-17-24)25-18-10-4-11-19-25/h1,3-6,8-11,13-14,16-19,23,26H,2,7,12,15,20-21H2/t23-,26+/m1/s1. The lowest BCUT2D eigenvalue weighted by Gasteiger charge is -2.29. The van der Waals surface area contributed by atoms with Gasteiger partial charge < -0.3 is 9.30 Å². The van der Waals surface area contributed by atoms with Gasteiger partial charge in [0.25, 0.3) is 0 Å². The van der Waals surface area contributed by atoms with Crippen LogP contribution in [0.4, 0.5) is 0 Å². The van der Waals surface area contributed by atoms with Crippen molar-refractivity contribution in [3.63, 3.8) is 0 Å². The van der Waals surface area contributed by atoms with Gasteiger partial charge in [0.15, 0.2) is 0 Å². The fourth-order valence-electron chi connectivity index (χ4n) is 4.52. The van der Waals surface area contributed by atoms with Gasteiger partial charge in [0.2, 0.25) is 0 Å². The van der Waals surface area contributed by atoms with Crippen LogP contribution in [0.2, 0.25) is 0 Å². The first-order valence-corrected chi connectivity index (χ1v) is 13.0. The van der Waals surface area contributed by atoms with Gasteiger partial charge in [-0.1, -0.05) is 91.7 Å². The fourth-order valence-corrected chi connectivity index (χ4v) is 7.63. The summed E-state index contributed by atoms with van der Waals surface area (Å²) in [7, 11) is -2.86. The van der Waals surface area contributed by atoms with Gasteiger partial charge in [-0.05, 0) is 31.4 Å². The van der Waals surface area contributed by atoms with Gasteiger partial charge in [-0.15, -0.1) is 0 Å². The maximum atomic E-state index is 14.6. The summed E-state index contributed by atoms with van der Waals surface area (Å²) >= 11 is 0. The van der Waals surface area contributed by atoms with Crippen LogP contribution in [0.3, 0.4) is 0 Å². The lowest BCUT2D eigenvalue weighted by Crippen LogP contribution is -2.32. The fraction of sp³-hybridized carbons (Fsp3) is 0.296. The first-order valence-electron chi connectivity index (χ1n) is 11.1. The molecule has 160 valence electrons. The predicted octanol–water partition coefficient (Wildman–Crippen LogP) is 5.81. The molecule has 3 aromatic carbocycles. The Labute approximate surface area is 184 Å². The molecule has 1 saturated carbocycles. The zero-order valence-electron chi connectivity index (χ0n) is 17.7. The quantitative estimate of drug-likeness (QED) is 0.281. The van der Waals surface area contributed by atoms with E-state index in [1.807, 2.05) is 78.9 Å². The van der Waals surface area contributed by atoms with E-state index < -0.39 is 7.14 Å². The van der Waals surface area contributed by atoms with Crippen molar-refractivity contribution in [3.8, 4) is 0 Å². The van der Waals surface area contributed by atoms with E-state index in [4.69, 9.17) is 4.74 Å². The summed E-state index contributed by atoms with van der Waals surface area (Å²) in [5, 5.41) is 1.75. The number of ether oxygens (including phenoxy) is 1. The summed E-state index contributed by atoms with van der Waals surface area (Å²) in [5.41, 5.74) is 0.569. The summed E-state index contributed by atoms with van der Waals surface area (Å²) in [4.78, 5) is 12.8. The van der Waals surface area contributed by atoms with Crippen molar-refractivity contribution < 1.29 is 14.1 Å². The summed E-state index contributed by atoms with van der Waals surface area (Å²) in [6.07, 6.45) is 5.29. The molecule has 1 fully saturated rings. The van der Waals surface area contributed by atoms with Crippen LogP contribution in [0.1, 0.15) is 42.5 Å². The van der Waals surface area contributed by atoms with Crippen molar-refractivity contribution in [2.24, 2.45) is 5.92 Å². The molecule has 1 aliphatic carbocycles. The molecule has 0 radical (unpaired) electrons. The summed E-state index contributed by atoms with van der Waals surface area (Å²) in [6, 6.07) is 28.7. The molecule has 0 amide bonds. The number of hydrogen-bond acceptors (Lipinski definition) is 3. The molecule has 31 heavy (non-hydrogen) atoms. The third kappa shape index (κ3) is 5.17. The number of carbonyl (C=O) groups excluding carboxylic acids is 1. The van der Waals surface area contributed by atoms with E-state index in [1.165, 1.54) is 0 Å². The molecule has 0 aliphatic heterocycles. The number of benzene rings is 3. The molecule has 3 nitrogen and oxygen atoms in total. The number of esters is 1.